The first-order valence-electron chi connectivity index (χ1n) is 4.05. The fourth-order valence-corrected chi connectivity index (χ4v) is 1.29. The highest BCUT2D eigenvalue weighted by atomic mass is 16.3. The molecule has 1 unspecified atom stereocenters. The molecule has 1 saturated heterocycles. The molecule has 11 heavy (non-hydrogen) atoms. The van der Waals surface area contributed by atoms with E-state index >= 15 is 0 Å². The van der Waals surface area contributed by atoms with Gasteiger partial charge in [-0.05, 0) is 13.0 Å². The van der Waals surface area contributed by atoms with Crippen LogP contribution in [0.3, 0.4) is 0 Å². The molecule has 0 saturated carbocycles. The molecular formula is C7H16N2O2. The first-order chi connectivity index (χ1) is 5.36. The summed E-state index contributed by atoms with van der Waals surface area (Å²) in [6.45, 7) is 1.98. The van der Waals surface area contributed by atoms with Crippen LogP contribution in [0.1, 0.15) is 6.42 Å². The second kappa shape index (κ2) is 4.66. The summed E-state index contributed by atoms with van der Waals surface area (Å²) in [6, 6.07) is 0.263. The van der Waals surface area contributed by atoms with Crippen LogP contribution in [0.2, 0.25) is 0 Å². The molecule has 0 bridgehead atoms. The predicted molar refractivity (Wildman–Crippen MR) is 42.4 cm³/mol. The Balaban J connectivity index is 2.16. The maximum Gasteiger partial charge on any atom is 0.0607 e. The van der Waals surface area contributed by atoms with Crippen LogP contribution >= 0.6 is 0 Å². The van der Waals surface area contributed by atoms with Crippen molar-refractivity contribution in [3.05, 3.63) is 0 Å². The van der Waals surface area contributed by atoms with Crippen molar-refractivity contribution in [3.63, 3.8) is 0 Å². The van der Waals surface area contributed by atoms with Crippen molar-refractivity contribution in [2.45, 2.75) is 18.5 Å². The number of rotatable bonds is 4. The molecule has 0 amide bonds. The number of hydrogen-bond donors (Lipinski definition) is 4. The Labute approximate surface area is 66.6 Å². The Morgan fingerprint density at radius 3 is 2.64 bits per heavy atom. The largest absolute Gasteiger partial charge is 0.395 e. The zero-order valence-electron chi connectivity index (χ0n) is 6.58. The van der Waals surface area contributed by atoms with Gasteiger partial charge in [-0.15, -0.1) is 0 Å². The van der Waals surface area contributed by atoms with Crippen LogP contribution < -0.4 is 10.6 Å². The quantitative estimate of drug-likeness (QED) is 0.395. The van der Waals surface area contributed by atoms with E-state index in [4.69, 9.17) is 10.2 Å². The smallest absolute Gasteiger partial charge is 0.0607 e. The molecule has 1 atom stereocenters. The van der Waals surface area contributed by atoms with Crippen molar-refractivity contribution in [1.82, 2.24) is 10.6 Å². The van der Waals surface area contributed by atoms with Gasteiger partial charge in [0.25, 0.3) is 0 Å². The van der Waals surface area contributed by atoms with Gasteiger partial charge in [-0.25, -0.2) is 0 Å². The van der Waals surface area contributed by atoms with E-state index in [1.165, 1.54) is 0 Å². The van der Waals surface area contributed by atoms with Gasteiger partial charge in [0, 0.05) is 12.6 Å². The van der Waals surface area contributed by atoms with Gasteiger partial charge in [0.1, 0.15) is 0 Å². The molecule has 0 aromatic carbocycles. The summed E-state index contributed by atoms with van der Waals surface area (Å²) in [5.41, 5.74) is 0. The van der Waals surface area contributed by atoms with Gasteiger partial charge in [-0.2, -0.15) is 0 Å². The average Bonchev–Trinajstić information content (AvgIpc) is 2.52. The van der Waals surface area contributed by atoms with E-state index in [1.54, 1.807) is 0 Å². The molecule has 0 aromatic rings. The molecule has 1 aliphatic heterocycles. The highest BCUT2D eigenvalue weighted by molar-refractivity contribution is 4.80. The first-order valence-corrected chi connectivity index (χ1v) is 4.05. The summed E-state index contributed by atoms with van der Waals surface area (Å²) in [4.78, 5) is 0. The first kappa shape index (κ1) is 8.93. The minimum atomic E-state index is -0.153. The Bertz CT molecular complexity index is 101. The summed E-state index contributed by atoms with van der Waals surface area (Å²) in [6.07, 6.45) is 1.08. The maximum atomic E-state index is 8.74. The highest BCUT2D eigenvalue weighted by Crippen LogP contribution is 1.98. The molecule has 0 spiro atoms. The van der Waals surface area contributed by atoms with Gasteiger partial charge >= 0.3 is 0 Å². The zero-order valence-corrected chi connectivity index (χ0v) is 6.58. The topological polar surface area (TPSA) is 64.5 Å². The third kappa shape index (κ3) is 2.75. The number of aliphatic hydroxyl groups is 2. The SMILES string of the molecule is OCC(CO)NC1CCNC1. The van der Waals surface area contributed by atoms with E-state index in [0.717, 1.165) is 19.5 Å². The van der Waals surface area contributed by atoms with Crippen LogP contribution in [-0.2, 0) is 0 Å². The summed E-state index contributed by atoms with van der Waals surface area (Å²) < 4.78 is 0. The molecule has 4 N–H and O–H groups in total. The molecular weight excluding hydrogens is 144 g/mol. The second-order valence-electron chi connectivity index (χ2n) is 2.92. The van der Waals surface area contributed by atoms with Crippen LogP contribution in [0.15, 0.2) is 0 Å². The van der Waals surface area contributed by atoms with Gasteiger partial charge in [-0.3, -0.25) is 0 Å². The van der Waals surface area contributed by atoms with Crippen molar-refractivity contribution < 1.29 is 10.2 Å². The summed E-state index contributed by atoms with van der Waals surface area (Å²) in [5.74, 6) is 0. The summed E-state index contributed by atoms with van der Waals surface area (Å²) in [7, 11) is 0. The molecule has 66 valence electrons. The fraction of sp³-hybridized carbons (Fsp3) is 1.00. The molecule has 4 heteroatoms. The lowest BCUT2D eigenvalue weighted by atomic mass is 10.2. The third-order valence-electron chi connectivity index (χ3n) is 1.97. The van der Waals surface area contributed by atoms with E-state index in [2.05, 4.69) is 10.6 Å². The Morgan fingerprint density at radius 2 is 2.18 bits per heavy atom. The Morgan fingerprint density at radius 1 is 1.45 bits per heavy atom. The zero-order chi connectivity index (χ0) is 8.10. The van der Waals surface area contributed by atoms with E-state index in [1.807, 2.05) is 0 Å². The van der Waals surface area contributed by atoms with Gasteiger partial charge in [0.2, 0.25) is 0 Å². The van der Waals surface area contributed by atoms with Crippen molar-refractivity contribution in [2.75, 3.05) is 26.3 Å². The van der Waals surface area contributed by atoms with E-state index in [0.29, 0.717) is 6.04 Å². The molecule has 0 aromatic heterocycles. The normalized spacial score (nSPS) is 24.8. The van der Waals surface area contributed by atoms with Crippen LogP contribution in [0, 0.1) is 0 Å². The maximum absolute atomic E-state index is 8.74. The molecule has 1 fully saturated rings. The molecule has 1 rings (SSSR count). The van der Waals surface area contributed by atoms with Crippen LogP contribution in [0.5, 0.6) is 0 Å². The van der Waals surface area contributed by atoms with Gasteiger partial charge in [0.05, 0.1) is 19.3 Å². The van der Waals surface area contributed by atoms with Crippen LogP contribution in [0.4, 0.5) is 0 Å². The predicted octanol–water partition coefficient (Wildman–Crippen LogP) is -1.71. The second-order valence-corrected chi connectivity index (χ2v) is 2.92. The monoisotopic (exact) mass is 160 g/mol. The van der Waals surface area contributed by atoms with E-state index in [-0.39, 0.29) is 19.3 Å². The minimum absolute atomic E-state index is 0.00694. The Hall–Kier alpha value is -0.160. The molecule has 1 heterocycles. The van der Waals surface area contributed by atoms with Crippen LogP contribution in [-0.4, -0.2) is 48.6 Å². The van der Waals surface area contributed by atoms with Crippen LogP contribution in [0.25, 0.3) is 0 Å². The molecule has 1 aliphatic rings. The lowest BCUT2D eigenvalue weighted by Gasteiger charge is -2.17. The summed E-state index contributed by atoms with van der Waals surface area (Å²) in [5, 5.41) is 23.8. The lowest BCUT2D eigenvalue weighted by molar-refractivity contribution is 0.163. The van der Waals surface area contributed by atoms with Crippen molar-refractivity contribution in [2.24, 2.45) is 0 Å². The molecule has 0 radical (unpaired) electrons. The number of aliphatic hydroxyl groups excluding tert-OH is 2. The number of nitrogens with one attached hydrogen (secondary N) is 2. The van der Waals surface area contributed by atoms with Crippen molar-refractivity contribution in [3.8, 4) is 0 Å². The molecule has 4 nitrogen and oxygen atoms in total. The average molecular weight is 160 g/mol. The molecule has 0 aliphatic carbocycles. The minimum Gasteiger partial charge on any atom is -0.395 e. The highest BCUT2D eigenvalue weighted by Gasteiger charge is 2.17. The summed E-state index contributed by atoms with van der Waals surface area (Å²) >= 11 is 0. The van der Waals surface area contributed by atoms with Crippen molar-refractivity contribution >= 4 is 0 Å². The Kier molecular flexibility index (Phi) is 3.79. The fourth-order valence-electron chi connectivity index (χ4n) is 1.29. The van der Waals surface area contributed by atoms with Crippen molar-refractivity contribution in [1.29, 1.82) is 0 Å². The van der Waals surface area contributed by atoms with E-state index in [9.17, 15) is 0 Å². The standard InChI is InChI=1S/C7H16N2O2/c10-4-7(5-11)9-6-1-2-8-3-6/h6-11H,1-5H2. The number of hydrogen-bond acceptors (Lipinski definition) is 4. The van der Waals surface area contributed by atoms with E-state index < -0.39 is 0 Å². The third-order valence-corrected chi connectivity index (χ3v) is 1.97. The van der Waals surface area contributed by atoms with Gasteiger partial charge in [0.15, 0.2) is 0 Å². The van der Waals surface area contributed by atoms with Gasteiger partial charge in [-0.1, -0.05) is 0 Å². The lowest BCUT2D eigenvalue weighted by Crippen LogP contribution is -2.43. The van der Waals surface area contributed by atoms with Gasteiger partial charge < -0.3 is 20.8 Å².